The van der Waals surface area contributed by atoms with Crippen LogP contribution in [0.25, 0.3) is 0 Å². The Hall–Kier alpha value is -1.45. The standard InChI is InChI=1S/C16H28N4O4S/c1-11-9-20(10-12(2)24-11)25(22,23)7-6-17-16(21)8-15-13(3)18-19(5)14(15)4/h11-12H,6-10H2,1-5H3,(H,17,21)/t11-,12-/m0/s1. The molecule has 0 saturated carbocycles. The Morgan fingerprint density at radius 2 is 1.88 bits per heavy atom. The number of carbonyl (C=O) groups excluding carboxylic acids is 1. The van der Waals surface area contributed by atoms with Gasteiger partial charge in [-0.1, -0.05) is 0 Å². The van der Waals surface area contributed by atoms with Crippen LogP contribution in [-0.2, 0) is 33.0 Å². The lowest BCUT2D eigenvalue weighted by Gasteiger charge is -2.34. The molecule has 25 heavy (non-hydrogen) atoms. The first-order valence-electron chi connectivity index (χ1n) is 8.49. The second kappa shape index (κ2) is 7.84. The van der Waals surface area contributed by atoms with E-state index >= 15 is 0 Å². The number of nitrogens with zero attached hydrogens (tertiary/aromatic N) is 3. The number of amides is 1. The Morgan fingerprint density at radius 1 is 1.28 bits per heavy atom. The summed E-state index contributed by atoms with van der Waals surface area (Å²) in [6.45, 7) is 8.30. The second-order valence-corrected chi connectivity index (χ2v) is 8.78. The van der Waals surface area contributed by atoms with Gasteiger partial charge in [-0.3, -0.25) is 9.48 Å². The van der Waals surface area contributed by atoms with Gasteiger partial charge in [0.05, 0.1) is 30.1 Å². The van der Waals surface area contributed by atoms with Crippen LogP contribution in [0.4, 0.5) is 0 Å². The SMILES string of the molecule is Cc1nn(C)c(C)c1CC(=O)NCCS(=O)(=O)N1C[C@H](C)O[C@@H](C)C1. The zero-order valence-corrected chi connectivity index (χ0v) is 16.4. The van der Waals surface area contributed by atoms with Gasteiger partial charge in [0.2, 0.25) is 15.9 Å². The molecule has 2 atom stereocenters. The number of ether oxygens (including phenoxy) is 1. The molecule has 2 heterocycles. The number of rotatable bonds is 6. The van der Waals surface area contributed by atoms with E-state index in [2.05, 4.69) is 10.4 Å². The average Bonchev–Trinajstić information content (AvgIpc) is 2.72. The van der Waals surface area contributed by atoms with Crippen molar-refractivity contribution in [3.05, 3.63) is 17.0 Å². The highest BCUT2D eigenvalue weighted by molar-refractivity contribution is 7.89. The molecule has 1 saturated heterocycles. The van der Waals surface area contributed by atoms with Gasteiger partial charge < -0.3 is 10.1 Å². The van der Waals surface area contributed by atoms with E-state index in [-0.39, 0.29) is 36.8 Å². The van der Waals surface area contributed by atoms with Gasteiger partial charge in [-0.2, -0.15) is 9.40 Å². The number of aryl methyl sites for hydroxylation is 2. The molecular weight excluding hydrogens is 344 g/mol. The molecule has 0 aromatic carbocycles. The van der Waals surface area contributed by atoms with Crippen molar-refractivity contribution in [1.29, 1.82) is 0 Å². The van der Waals surface area contributed by atoms with Gasteiger partial charge in [-0.05, 0) is 27.7 Å². The first-order valence-corrected chi connectivity index (χ1v) is 10.1. The lowest BCUT2D eigenvalue weighted by molar-refractivity contribution is -0.120. The first-order chi connectivity index (χ1) is 11.6. The van der Waals surface area contributed by atoms with Crippen molar-refractivity contribution >= 4 is 15.9 Å². The van der Waals surface area contributed by atoms with Gasteiger partial charge in [-0.25, -0.2) is 8.42 Å². The molecular formula is C16H28N4O4S. The van der Waals surface area contributed by atoms with E-state index in [1.54, 1.807) is 4.68 Å². The average molecular weight is 372 g/mol. The zero-order chi connectivity index (χ0) is 18.8. The molecule has 1 fully saturated rings. The van der Waals surface area contributed by atoms with E-state index in [4.69, 9.17) is 4.74 Å². The molecule has 2 rings (SSSR count). The topological polar surface area (TPSA) is 93.5 Å². The fourth-order valence-electron chi connectivity index (χ4n) is 3.10. The molecule has 1 N–H and O–H groups in total. The fourth-order valence-corrected chi connectivity index (χ4v) is 4.60. The first kappa shape index (κ1) is 19.9. The minimum Gasteiger partial charge on any atom is -0.373 e. The van der Waals surface area contributed by atoms with Crippen molar-refractivity contribution in [2.24, 2.45) is 7.05 Å². The summed E-state index contributed by atoms with van der Waals surface area (Å²) in [6, 6.07) is 0. The highest BCUT2D eigenvalue weighted by atomic mass is 32.2. The van der Waals surface area contributed by atoms with Crippen LogP contribution in [-0.4, -0.2) is 66.0 Å². The van der Waals surface area contributed by atoms with Crippen molar-refractivity contribution in [2.75, 3.05) is 25.4 Å². The number of nitrogens with one attached hydrogen (secondary N) is 1. The van der Waals surface area contributed by atoms with Crippen LogP contribution in [0.2, 0.25) is 0 Å². The zero-order valence-electron chi connectivity index (χ0n) is 15.6. The van der Waals surface area contributed by atoms with Gasteiger partial charge in [-0.15, -0.1) is 0 Å². The van der Waals surface area contributed by atoms with Gasteiger partial charge in [0.1, 0.15) is 0 Å². The summed E-state index contributed by atoms with van der Waals surface area (Å²) in [5.74, 6) is -0.304. The molecule has 0 unspecified atom stereocenters. The Bertz CT molecular complexity index is 719. The van der Waals surface area contributed by atoms with E-state index in [0.29, 0.717) is 13.1 Å². The molecule has 0 bridgehead atoms. The van der Waals surface area contributed by atoms with E-state index in [0.717, 1.165) is 17.0 Å². The number of hydrogen-bond acceptors (Lipinski definition) is 5. The van der Waals surface area contributed by atoms with Gasteiger partial charge in [0.25, 0.3) is 0 Å². The summed E-state index contributed by atoms with van der Waals surface area (Å²) in [4.78, 5) is 12.1. The number of aromatic nitrogens is 2. The van der Waals surface area contributed by atoms with E-state index in [1.807, 2.05) is 34.7 Å². The molecule has 0 radical (unpaired) electrons. The molecule has 1 amide bonds. The quantitative estimate of drug-likeness (QED) is 0.766. The van der Waals surface area contributed by atoms with Crippen LogP contribution in [0.1, 0.15) is 30.8 Å². The number of sulfonamides is 1. The predicted molar refractivity (Wildman–Crippen MR) is 94.8 cm³/mol. The third-order valence-corrected chi connectivity index (χ3v) is 6.26. The Kier molecular flexibility index (Phi) is 6.23. The molecule has 1 aromatic rings. The van der Waals surface area contributed by atoms with Gasteiger partial charge in [0.15, 0.2) is 0 Å². The van der Waals surface area contributed by atoms with Crippen molar-refractivity contribution in [1.82, 2.24) is 19.4 Å². The van der Waals surface area contributed by atoms with E-state index in [1.165, 1.54) is 4.31 Å². The van der Waals surface area contributed by atoms with E-state index in [9.17, 15) is 13.2 Å². The van der Waals surface area contributed by atoms with Crippen LogP contribution in [0.15, 0.2) is 0 Å². The third-order valence-electron chi connectivity index (χ3n) is 4.46. The lowest BCUT2D eigenvalue weighted by atomic mass is 10.1. The summed E-state index contributed by atoms with van der Waals surface area (Å²) < 4.78 is 33.6. The Balaban J connectivity index is 1.86. The van der Waals surface area contributed by atoms with Crippen LogP contribution < -0.4 is 5.32 Å². The lowest BCUT2D eigenvalue weighted by Crippen LogP contribution is -2.49. The minimum absolute atomic E-state index is 0.0969. The normalized spacial score (nSPS) is 22.1. The second-order valence-electron chi connectivity index (χ2n) is 6.69. The van der Waals surface area contributed by atoms with Gasteiger partial charge >= 0.3 is 0 Å². The van der Waals surface area contributed by atoms with Gasteiger partial charge in [0, 0.05) is 37.9 Å². The summed E-state index contributed by atoms with van der Waals surface area (Å²) in [5, 5.41) is 6.98. The maximum Gasteiger partial charge on any atom is 0.224 e. The number of morpholine rings is 1. The van der Waals surface area contributed by atoms with Crippen LogP contribution in [0.3, 0.4) is 0 Å². The van der Waals surface area contributed by atoms with Crippen molar-refractivity contribution in [3.63, 3.8) is 0 Å². The Labute approximate surface area is 149 Å². The van der Waals surface area contributed by atoms with Crippen molar-refractivity contribution < 1.29 is 17.9 Å². The molecule has 0 spiro atoms. The Morgan fingerprint density at radius 3 is 2.40 bits per heavy atom. The van der Waals surface area contributed by atoms with Crippen LogP contribution >= 0.6 is 0 Å². The summed E-state index contributed by atoms with van der Waals surface area (Å²) >= 11 is 0. The monoisotopic (exact) mass is 372 g/mol. The number of hydrogen-bond donors (Lipinski definition) is 1. The molecule has 9 heteroatoms. The van der Waals surface area contributed by atoms with Crippen LogP contribution in [0, 0.1) is 13.8 Å². The minimum atomic E-state index is -3.41. The third kappa shape index (κ3) is 5.02. The number of carbonyl (C=O) groups is 1. The maximum atomic E-state index is 12.4. The predicted octanol–water partition coefficient (Wildman–Crippen LogP) is 0.135. The molecule has 1 aliphatic heterocycles. The van der Waals surface area contributed by atoms with E-state index < -0.39 is 10.0 Å². The van der Waals surface area contributed by atoms with Crippen molar-refractivity contribution in [3.8, 4) is 0 Å². The molecule has 8 nitrogen and oxygen atoms in total. The highest BCUT2D eigenvalue weighted by Gasteiger charge is 2.30. The molecule has 0 aliphatic carbocycles. The molecule has 1 aliphatic rings. The molecule has 142 valence electrons. The maximum absolute atomic E-state index is 12.4. The summed E-state index contributed by atoms with van der Waals surface area (Å²) in [6.07, 6.45) is -0.0359. The summed E-state index contributed by atoms with van der Waals surface area (Å²) in [7, 11) is -1.57. The largest absolute Gasteiger partial charge is 0.373 e. The van der Waals surface area contributed by atoms with Crippen molar-refractivity contribution in [2.45, 2.75) is 46.3 Å². The molecule has 1 aromatic heterocycles. The summed E-state index contributed by atoms with van der Waals surface area (Å²) in [5.41, 5.74) is 2.65. The van der Waals surface area contributed by atoms with Crippen LogP contribution in [0.5, 0.6) is 0 Å². The highest BCUT2D eigenvalue weighted by Crippen LogP contribution is 2.15. The smallest absolute Gasteiger partial charge is 0.224 e. The fraction of sp³-hybridized carbons (Fsp3) is 0.750.